The average molecular weight is 463 g/mol. The molecule has 33 heavy (non-hydrogen) atoms. The normalized spacial score (nSPS) is 11.1. The second kappa shape index (κ2) is 9.42. The third-order valence-corrected chi connectivity index (χ3v) is 4.43. The lowest BCUT2D eigenvalue weighted by Crippen LogP contribution is -2.37. The highest BCUT2D eigenvalue weighted by molar-refractivity contribution is 5.92. The number of carboxylic acids is 1. The minimum atomic E-state index is -5.10. The SMILES string of the molecule is O=C(O)c1ccc(CNC(=O)c2cc(=O)[nH]c(=O)n2Cc2ccccc2)c(OC(F)(F)F)c1. The quantitative estimate of drug-likeness (QED) is 0.492. The number of nitrogens with one attached hydrogen (secondary N) is 2. The van der Waals surface area contributed by atoms with E-state index in [1.807, 2.05) is 0 Å². The molecule has 1 aromatic heterocycles. The van der Waals surface area contributed by atoms with Gasteiger partial charge in [-0.1, -0.05) is 36.4 Å². The first-order valence-corrected chi connectivity index (χ1v) is 9.32. The standard InChI is InChI=1S/C21H16F3N3O6/c22-21(23,24)33-16-8-13(19(30)31)6-7-14(16)10-25-18(29)15-9-17(28)26-20(32)27(15)11-12-4-2-1-3-5-12/h1-9H,10-11H2,(H,25,29)(H,30,31)(H,26,28,32). The van der Waals surface area contributed by atoms with Crippen molar-refractivity contribution < 1.29 is 32.6 Å². The highest BCUT2D eigenvalue weighted by Crippen LogP contribution is 2.27. The van der Waals surface area contributed by atoms with Crippen molar-refractivity contribution in [1.82, 2.24) is 14.9 Å². The summed E-state index contributed by atoms with van der Waals surface area (Å²) in [5.74, 6) is -3.18. The summed E-state index contributed by atoms with van der Waals surface area (Å²) in [5.41, 5.74) is -1.95. The molecular weight excluding hydrogens is 447 g/mol. The molecule has 0 fully saturated rings. The highest BCUT2D eigenvalue weighted by atomic mass is 19.4. The number of hydrogen-bond donors (Lipinski definition) is 3. The van der Waals surface area contributed by atoms with E-state index < -0.39 is 47.3 Å². The van der Waals surface area contributed by atoms with Crippen molar-refractivity contribution in [3.05, 3.63) is 97.8 Å². The van der Waals surface area contributed by atoms with Gasteiger partial charge in [0.1, 0.15) is 11.4 Å². The van der Waals surface area contributed by atoms with E-state index in [0.29, 0.717) is 11.6 Å². The third kappa shape index (κ3) is 6.09. The number of alkyl halides is 3. The number of aromatic carboxylic acids is 1. The van der Waals surface area contributed by atoms with Crippen molar-refractivity contribution in [1.29, 1.82) is 0 Å². The van der Waals surface area contributed by atoms with E-state index in [4.69, 9.17) is 5.11 Å². The summed E-state index contributed by atoms with van der Waals surface area (Å²) in [7, 11) is 0. The van der Waals surface area contributed by atoms with Gasteiger partial charge in [0, 0.05) is 18.2 Å². The van der Waals surface area contributed by atoms with Gasteiger partial charge in [-0.05, 0) is 17.7 Å². The first-order chi connectivity index (χ1) is 15.5. The Bertz CT molecular complexity index is 1300. The van der Waals surface area contributed by atoms with Crippen LogP contribution in [0.3, 0.4) is 0 Å². The van der Waals surface area contributed by atoms with Gasteiger partial charge in [-0.25, -0.2) is 9.59 Å². The van der Waals surface area contributed by atoms with Crippen LogP contribution in [0.15, 0.2) is 64.2 Å². The van der Waals surface area contributed by atoms with Crippen molar-refractivity contribution in [2.45, 2.75) is 19.5 Å². The topological polar surface area (TPSA) is 130 Å². The fraction of sp³-hybridized carbons (Fsp3) is 0.143. The van der Waals surface area contributed by atoms with Gasteiger partial charge >= 0.3 is 18.0 Å². The van der Waals surface area contributed by atoms with Gasteiger partial charge in [0.2, 0.25) is 0 Å². The van der Waals surface area contributed by atoms with Gasteiger partial charge in [0.05, 0.1) is 12.1 Å². The second-order valence-corrected chi connectivity index (χ2v) is 6.75. The maximum absolute atomic E-state index is 12.7. The lowest BCUT2D eigenvalue weighted by atomic mass is 10.1. The largest absolute Gasteiger partial charge is 0.573 e. The molecule has 0 radical (unpaired) electrons. The number of ether oxygens (including phenoxy) is 1. The number of hydrogen-bond acceptors (Lipinski definition) is 5. The Morgan fingerprint density at radius 3 is 2.39 bits per heavy atom. The molecule has 9 nitrogen and oxygen atoms in total. The van der Waals surface area contributed by atoms with Crippen LogP contribution in [0.25, 0.3) is 0 Å². The van der Waals surface area contributed by atoms with Crippen molar-refractivity contribution in [2.24, 2.45) is 0 Å². The van der Waals surface area contributed by atoms with Gasteiger partial charge in [-0.2, -0.15) is 0 Å². The molecule has 3 rings (SSSR count). The van der Waals surface area contributed by atoms with Gasteiger partial charge in [0.25, 0.3) is 11.5 Å². The number of aromatic amines is 1. The minimum absolute atomic E-state index is 0.0467. The Morgan fingerprint density at radius 2 is 1.76 bits per heavy atom. The summed E-state index contributed by atoms with van der Waals surface area (Å²) in [5, 5.41) is 11.3. The van der Waals surface area contributed by atoms with E-state index in [1.54, 1.807) is 30.3 Å². The summed E-state index contributed by atoms with van der Waals surface area (Å²) in [4.78, 5) is 49.9. The maximum Gasteiger partial charge on any atom is 0.573 e. The number of carbonyl (C=O) groups excluding carboxylic acids is 1. The fourth-order valence-electron chi connectivity index (χ4n) is 2.95. The number of carboxylic acid groups (broad SMARTS) is 1. The van der Waals surface area contributed by atoms with E-state index in [9.17, 15) is 32.3 Å². The van der Waals surface area contributed by atoms with E-state index in [1.165, 1.54) is 0 Å². The van der Waals surface area contributed by atoms with Crippen molar-refractivity contribution in [2.75, 3.05) is 0 Å². The second-order valence-electron chi connectivity index (χ2n) is 6.75. The fourth-order valence-corrected chi connectivity index (χ4v) is 2.95. The number of amides is 1. The molecule has 0 spiro atoms. The van der Waals surface area contributed by atoms with Gasteiger partial charge < -0.3 is 15.2 Å². The van der Waals surface area contributed by atoms with Crippen LogP contribution in [-0.2, 0) is 13.1 Å². The molecule has 0 aliphatic carbocycles. The lowest BCUT2D eigenvalue weighted by Gasteiger charge is -2.15. The highest BCUT2D eigenvalue weighted by Gasteiger charge is 2.32. The average Bonchev–Trinajstić information content (AvgIpc) is 2.73. The zero-order valence-corrected chi connectivity index (χ0v) is 16.7. The van der Waals surface area contributed by atoms with Crippen LogP contribution in [0.4, 0.5) is 13.2 Å². The molecule has 3 N–H and O–H groups in total. The molecule has 0 atom stereocenters. The molecule has 0 aliphatic heterocycles. The van der Waals surface area contributed by atoms with Crippen molar-refractivity contribution in [3.8, 4) is 5.75 Å². The molecule has 1 heterocycles. The molecule has 0 saturated heterocycles. The lowest BCUT2D eigenvalue weighted by molar-refractivity contribution is -0.274. The summed E-state index contributed by atoms with van der Waals surface area (Å²) < 4.78 is 43.1. The molecule has 0 unspecified atom stereocenters. The summed E-state index contributed by atoms with van der Waals surface area (Å²) in [6, 6.07) is 12.3. The molecular formula is C21H16F3N3O6. The molecule has 172 valence electrons. The number of carbonyl (C=O) groups is 2. The maximum atomic E-state index is 12.7. The van der Waals surface area contributed by atoms with E-state index in [-0.39, 0.29) is 17.8 Å². The number of H-pyrrole nitrogens is 1. The van der Waals surface area contributed by atoms with Crippen LogP contribution < -0.4 is 21.3 Å². The van der Waals surface area contributed by atoms with E-state index in [2.05, 4.69) is 15.0 Å². The van der Waals surface area contributed by atoms with Crippen molar-refractivity contribution in [3.63, 3.8) is 0 Å². The minimum Gasteiger partial charge on any atom is -0.478 e. The number of benzene rings is 2. The Labute approximate surface area is 183 Å². The molecule has 0 aliphatic rings. The predicted octanol–water partition coefficient (Wildman–Crippen LogP) is 2.11. The first-order valence-electron chi connectivity index (χ1n) is 9.32. The summed E-state index contributed by atoms with van der Waals surface area (Å²) >= 11 is 0. The van der Waals surface area contributed by atoms with Gasteiger partial charge in [-0.3, -0.25) is 19.1 Å². The summed E-state index contributed by atoms with van der Waals surface area (Å²) in [6.07, 6.45) is -5.10. The predicted molar refractivity (Wildman–Crippen MR) is 108 cm³/mol. The number of halogens is 3. The Balaban J connectivity index is 1.89. The third-order valence-electron chi connectivity index (χ3n) is 4.43. The number of aromatic nitrogens is 2. The molecule has 0 saturated carbocycles. The van der Waals surface area contributed by atoms with Crippen LogP contribution in [0.2, 0.25) is 0 Å². The van der Waals surface area contributed by atoms with Gasteiger partial charge in [-0.15, -0.1) is 13.2 Å². The molecule has 3 aromatic rings. The van der Waals surface area contributed by atoms with Crippen LogP contribution in [0.1, 0.15) is 32.0 Å². The Kier molecular flexibility index (Phi) is 6.66. The molecule has 12 heteroatoms. The first kappa shape index (κ1) is 23.3. The van der Waals surface area contributed by atoms with Crippen LogP contribution in [-0.4, -0.2) is 32.9 Å². The van der Waals surface area contributed by atoms with E-state index in [0.717, 1.165) is 22.8 Å². The van der Waals surface area contributed by atoms with E-state index >= 15 is 0 Å². The van der Waals surface area contributed by atoms with Crippen LogP contribution in [0, 0.1) is 0 Å². The zero-order valence-electron chi connectivity index (χ0n) is 16.7. The van der Waals surface area contributed by atoms with Crippen LogP contribution >= 0.6 is 0 Å². The smallest absolute Gasteiger partial charge is 0.478 e. The monoisotopic (exact) mass is 463 g/mol. The molecule has 2 aromatic carbocycles. The molecule has 0 bridgehead atoms. The number of rotatable bonds is 7. The Morgan fingerprint density at radius 1 is 1.06 bits per heavy atom. The summed E-state index contributed by atoms with van der Waals surface area (Å²) in [6.45, 7) is -0.550. The van der Waals surface area contributed by atoms with Crippen molar-refractivity contribution >= 4 is 11.9 Å². The Hall–Kier alpha value is -4.35. The molecule has 1 amide bonds. The zero-order chi connectivity index (χ0) is 24.2. The van der Waals surface area contributed by atoms with Crippen LogP contribution in [0.5, 0.6) is 5.75 Å². The van der Waals surface area contributed by atoms with Gasteiger partial charge in [0.15, 0.2) is 0 Å². The number of nitrogens with zero attached hydrogens (tertiary/aromatic N) is 1.